The fourth-order valence-electron chi connectivity index (χ4n) is 2.26. The van der Waals surface area contributed by atoms with Crippen molar-refractivity contribution in [2.45, 2.75) is 13.8 Å². The molecule has 0 spiro atoms. The minimum atomic E-state index is -0.113. The van der Waals surface area contributed by atoms with E-state index in [-0.39, 0.29) is 5.91 Å². The Morgan fingerprint density at radius 1 is 1.18 bits per heavy atom. The Labute approximate surface area is 135 Å². The highest BCUT2D eigenvalue weighted by Crippen LogP contribution is 2.25. The Hall–Kier alpha value is -1.91. The normalized spacial score (nSPS) is 11.5. The minimum Gasteiger partial charge on any atom is -0.295 e. The molecule has 0 bridgehead atoms. The second-order valence-corrected chi connectivity index (χ2v) is 5.34. The Morgan fingerprint density at radius 3 is 2.55 bits per heavy atom. The van der Waals surface area contributed by atoms with Crippen molar-refractivity contribution in [2.75, 3.05) is 19.6 Å². The Morgan fingerprint density at radius 2 is 1.86 bits per heavy atom. The number of benzene rings is 2. The van der Waals surface area contributed by atoms with E-state index in [1.54, 1.807) is 6.21 Å². The summed E-state index contributed by atoms with van der Waals surface area (Å²) < 4.78 is 0. The van der Waals surface area contributed by atoms with E-state index >= 15 is 0 Å². The highest BCUT2D eigenvalue weighted by molar-refractivity contribution is 6.36. The van der Waals surface area contributed by atoms with Gasteiger partial charge in [0.25, 0.3) is 5.91 Å². The van der Waals surface area contributed by atoms with Crippen LogP contribution in [0, 0.1) is 0 Å². The summed E-state index contributed by atoms with van der Waals surface area (Å²) >= 11 is 6.18. The second kappa shape index (κ2) is 7.92. The van der Waals surface area contributed by atoms with Gasteiger partial charge in [-0.25, -0.2) is 5.43 Å². The number of fused-ring (bicyclic) bond motifs is 1. The molecule has 0 saturated heterocycles. The number of carbonyl (C=O) groups is 1. The highest BCUT2D eigenvalue weighted by Gasteiger charge is 2.06. The minimum absolute atomic E-state index is 0.113. The summed E-state index contributed by atoms with van der Waals surface area (Å²) in [5.41, 5.74) is 3.48. The topological polar surface area (TPSA) is 44.7 Å². The van der Waals surface area contributed by atoms with E-state index in [1.165, 1.54) is 0 Å². The fraction of sp³-hybridized carbons (Fsp3) is 0.294. The van der Waals surface area contributed by atoms with Crippen molar-refractivity contribution in [3.8, 4) is 0 Å². The van der Waals surface area contributed by atoms with Gasteiger partial charge >= 0.3 is 0 Å². The zero-order chi connectivity index (χ0) is 15.9. The molecule has 0 unspecified atom stereocenters. The molecule has 2 aromatic rings. The van der Waals surface area contributed by atoms with Crippen LogP contribution >= 0.6 is 11.6 Å². The van der Waals surface area contributed by atoms with Crippen molar-refractivity contribution in [1.82, 2.24) is 10.3 Å². The van der Waals surface area contributed by atoms with Gasteiger partial charge in [0.2, 0.25) is 0 Å². The van der Waals surface area contributed by atoms with Crippen LogP contribution in [0.25, 0.3) is 10.8 Å². The maximum Gasteiger partial charge on any atom is 0.254 e. The number of halogens is 1. The first-order chi connectivity index (χ1) is 10.7. The Balaban J connectivity index is 2.08. The van der Waals surface area contributed by atoms with Gasteiger partial charge in [-0.3, -0.25) is 9.69 Å². The van der Waals surface area contributed by atoms with Crippen LogP contribution < -0.4 is 5.43 Å². The van der Waals surface area contributed by atoms with Crippen LogP contribution in [0.2, 0.25) is 5.02 Å². The summed E-state index contributed by atoms with van der Waals surface area (Å²) in [6, 6.07) is 11.6. The summed E-state index contributed by atoms with van der Waals surface area (Å²) in [5, 5.41) is 6.74. The monoisotopic (exact) mass is 317 g/mol. The first-order valence-electron chi connectivity index (χ1n) is 7.37. The molecule has 0 aliphatic carbocycles. The number of amides is 1. The number of hydrazone groups is 1. The van der Waals surface area contributed by atoms with Crippen molar-refractivity contribution >= 4 is 34.5 Å². The molecule has 0 heterocycles. The maximum atomic E-state index is 11.8. The summed E-state index contributed by atoms with van der Waals surface area (Å²) in [4.78, 5) is 13.8. The molecule has 2 rings (SSSR count). The lowest BCUT2D eigenvalue weighted by Crippen LogP contribution is -2.35. The van der Waals surface area contributed by atoms with Gasteiger partial charge in [-0.05, 0) is 24.5 Å². The molecular formula is C17H20ClN3O. The van der Waals surface area contributed by atoms with Crippen LogP contribution in [-0.2, 0) is 4.79 Å². The number of carbonyl (C=O) groups excluding carboxylic acids is 1. The van der Waals surface area contributed by atoms with Gasteiger partial charge in [-0.1, -0.05) is 55.8 Å². The molecular weight excluding hydrogens is 298 g/mol. The number of likely N-dealkylation sites (N-methyl/N-ethyl adjacent to an activating group) is 1. The van der Waals surface area contributed by atoms with Gasteiger partial charge in [-0.15, -0.1) is 0 Å². The van der Waals surface area contributed by atoms with E-state index in [0.29, 0.717) is 11.6 Å². The van der Waals surface area contributed by atoms with Crippen LogP contribution in [-0.4, -0.2) is 36.7 Å². The van der Waals surface area contributed by atoms with Crippen LogP contribution in [0.15, 0.2) is 41.5 Å². The Kier molecular flexibility index (Phi) is 5.92. The van der Waals surface area contributed by atoms with Crippen molar-refractivity contribution in [1.29, 1.82) is 0 Å². The molecule has 0 atom stereocenters. The highest BCUT2D eigenvalue weighted by atomic mass is 35.5. The lowest BCUT2D eigenvalue weighted by molar-refractivity contribution is -0.122. The van der Waals surface area contributed by atoms with Gasteiger partial charge in [0, 0.05) is 16.0 Å². The zero-order valence-electron chi connectivity index (χ0n) is 12.8. The second-order valence-electron chi connectivity index (χ2n) is 4.94. The average Bonchev–Trinajstić information content (AvgIpc) is 2.55. The first kappa shape index (κ1) is 16.5. The smallest absolute Gasteiger partial charge is 0.254 e. The summed E-state index contributed by atoms with van der Waals surface area (Å²) in [6.45, 7) is 6.09. The lowest BCUT2D eigenvalue weighted by atomic mass is 10.1. The van der Waals surface area contributed by atoms with Gasteiger partial charge in [0.15, 0.2) is 0 Å². The number of hydrogen-bond donors (Lipinski definition) is 1. The fourth-order valence-corrected chi connectivity index (χ4v) is 2.49. The van der Waals surface area contributed by atoms with E-state index < -0.39 is 0 Å². The van der Waals surface area contributed by atoms with Crippen LogP contribution in [0.1, 0.15) is 19.4 Å². The predicted molar refractivity (Wildman–Crippen MR) is 92.5 cm³/mol. The van der Waals surface area contributed by atoms with Crippen LogP contribution in [0.4, 0.5) is 0 Å². The molecule has 0 aromatic heterocycles. The predicted octanol–water partition coefficient (Wildman–Crippen LogP) is 3.29. The summed E-state index contributed by atoms with van der Waals surface area (Å²) in [7, 11) is 0. The van der Waals surface area contributed by atoms with Gasteiger partial charge < -0.3 is 0 Å². The third-order valence-corrected chi connectivity index (χ3v) is 3.89. The van der Waals surface area contributed by atoms with Gasteiger partial charge in [0.05, 0.1) is 12.8 Å². The molecule has 5 heteroatoms. The standard InChI is InChI=1S/C17H20ClN3O/c1-3-21(4-2)12-17(22)20-19-11-13-9-10-16(18)15-8-6-5-7-14(13)15/h5-11H,3-4,12H2,1-2H3,(H,20,22)/b19-11+. The van der Waals surface area contributed by atoms with E-state index in [0.717, 1.165) is 29.4 Å². The SMILES string of the molecule is CCN(CC)CC(=O)N/N=C/c1ccc(Cl)c2ccccc12. The molecule has 1 amide bonds. The molecule has 2 aromatic carbocycles. The van der Waals surface area contributed by atoms with Crippen molar-refractivity contribution in [3.63, 3.8) is 0 Å². The number of rotatable bonds is 6. The molecule has 0 radical (unpaired) electrons. The van der Waals surface area contributed by atoms with E-state index in [2.05, 4.69) is 10.5 Å². The molecule has 1 N–H and O–H groups in total. The molecule has 0 aliphatic rings. The largest absolute Gasteiger partial charge is 0.295 e. The molecule has 4 nitrogen and oxygen atoms in total. The van der Waals surface area contributed by atoms with E-state index in [1.807, 2.05) is 55.1 Å². The maximum absolute atomic E-state index is 11.8. The molecule has 116 valence electrons. The van der Waals surface area contributed by atoms with Crippen molar-refractivity contribution in [3.05, 3.63) is 47.0 Å². The third kappa shape index (κ3) is 4.06. The number of hydrogen-bond acceptors (Lipinski definition) is 3. The summed E-state index contributed by atoms with van der Waals surface area (Å²) in [6.07, 6.45) is 1.65. The van der Waals surface area contributed by atoms with Crippen molar-refractivity contribution < 1.29 is 4.79 Å². The van der Waals surface area contributed by atoms with Crippen LogP contribution in [0.5, 0.6) is 0 Å². The quantitative estimate of drug-likeness (QED) is 0.656. The van der Waals surface area contributed by atoms with Gasteiger partial charge in [0.1, 0.15) is 0 Å². The third-order valence-electron chi connectivity index (χ3n) is 3.56. The summed E-state index contributed by atoms with van der Waals surface area (Å²) in [5.74, 6) is -0.113. The molecule has 0 aliphatic heterocycles. The Bertz CT molecular complexity index is 681. The van der Waals surface area contributed by atoms with Crippen LogP contribution in [0.3, 0.4) is 0 Å². The lowest BCUT2D eigenvalue weighted by Gasteiger charge is -2.15. The average molecular weight is 318 g/mol. The number of nitrogens with one attached hydrogen (secondary N) is 1. The molecule has 22 heavy (non-hydrogen) atoms. The zero-order valence-corrected chi connectivity index (χ0v) is 13.6. The number of nitrogens with zero attached hydrogens (tertiary/aromatic N) is 2. The van der Waals surface area contributed by atoms with Crippen molar-refractivity contribution in [2.24, 2.45) is 5.10 Å². The van der Waals surface area contributed by atoms with E-state index in [4.69, 9.17) is 11.6 Å². The van der Waals surface area contributed by atoms with E-state index in [9.17, 15) is 4.79 Å². The van der Waals surface area contributed by atoms with Gasteiger partial charge in [-0.2, -0.15) is 5.10 Å². The first-order valence-corrected chi connectivity index (χ1v) is 7.75. The molecule has 0 fully saturated rings. The molecule has 0 saturated carbocycles.